The second kappa shape index (κ2) is 5.35. The van der Waals surface area contributed by atoms with Gasteiger partial charge in [-0.25, -0.2) is 8.42 Å². The van der Waals surface area contributed by atoms with E-state index in [2.05, 4.69) is 5.32 Å². The van der Waals surface area contributed by atoms with Gasteiger partial charge in [-0.1, -0.05) is 23.2 Å². The molecule has 1 heterocycles. The maximum Gasteiger partial charge on any atom is 0.244 e. The molecule has 2 rings (SSSR count). The summed E-state index contributed by atoms with van der Waals surface area (Å²) in [6.07, 6.45) is 0.800. The summed E-state index contributed by atoms with van der Waals surface area (Å²) in [7, 11) is -2.02. The van der Waals surface area contributed by atoms with Crippen LogP contribution in [0.1, 0.15) is 6.42 Å². The predicted molar refractivity (Wildman–Crippen MR) is 72.7 cm³/mol. The van der Waals surface area contributed by atoms with E-state index < -0.39 is 10.0 Å². The maximum absolute atomic E-state index is 12.4. The van der Waals surface area contributed by atoms with Gasteiger partial charge in [0.2, 0.25) is 10.0 Å². The summed E-state index contributed by atoms with van der Waals surface area (Å²) < 4.78 is 26.3. The average Bonchev–Trinajstić information content (AvgIpc) is 2.84. The molecule has 1 aromatic carbocycles. The Labute approximate surface area is 117 Å². The molecule has 0 spiro atoms. The lowest BCUT2D eigenvalue weighted by Gasteiger charge is -2.23. The lowest BCUT2D eigenvalue weighted by Crippen LogP contribution is -2.38. The maximum atomic E-state index is 12.4. The molecule has 1 atom stereocenters. The summed E-state index contributed by atoms with van der Waals surface area (Å²) in [5, 5.41) is 3.69. The normalized spacial score (nSPS) is 20.6. The van der Waals surface area contributed by atoms with Gasteiger partial charge in [-0.2, -0.15) is 4.31 Å². The van der Waals surface area contributed by atoms with Gasteiger partial charge in [-0.15, -0.1) is 0 Å². The summed E-state index contributed by atoms with van der Waals surface area (Å²) in [5.74, 6) is 0. The molecule has 7 heteroatoms. The fraction of sp³-hybridized carbons (Fsp3) is 0.455. The number of benzene rings is 1. The van der Waals surface area contributed by atoms with Crippen LogP contribution >= 0.6 is 23.2 Å². The highest BCUT2D eigenvalue weighted by Crippen LogP contribution is 2.28. The fourth-order valence-corrected chi connectivity index (χ4v) is 4.10. The van der Waals surface area contributed by atoms with E-state index in [9.17, 15) is 8.42 Å². The van der Waals surface area contributed by atoms with Crippen LogP contribution in [-0.2, 0) is 10.0 Å². The molecule has 4 nitrogen and oxygen atoms in total. The Morgan fingerprint density at radius 3 is 2.72 bits per heavy atom. The summed E-state index contributed by atoms with van der Waals surface area (Å²) >= 11 is 11.8. The number of rotatable bonds is 3. The molecule has 18 heavy (non-hydrogen) atoms. The van der Waals surface area contributed by atoms with Crippen molar-refractivity contribution in [2.45, 2.75) is 17.4 Å². The van der Waals surface area contributed by atoms with E-state index in [-0.39, 0.29) is 16.0 Å². The number of nitrogens with zero attached hydrogens (tertiary/aromatic N) is 1. The minimum absolute atomic E-state index is 0.0370. The van der Waals surface area contributed by atoms with Crippen molar-refractivity contribution in [1.82, 2.24) is 9.62 Å². The van der Waals surface area contributed by atoms with Gasteiger partial charge in [0.25, 0.3) is 0 Å². The number of nitrogens with one attached hydrogen (secondary N) is 1. The third-order valence-corrected chi connectivity index (χ3v) is 5.73. The monoisotopic (exact) mass is 308 g/mol. The molecule has 0 unspecified atom stereocenters. The Morgan fingerprint density at radius 2 is 2.11 bits per heavy atom. The second-order valence-electron chi connectivity index (χ2n) is 4.24. The van der Waals surface area contributed by atoms with E-state index in [4.69, 9.17) is 23.2 Å². The summed E-state index contributed by atoms with van der Waals surface area (Å²) in [4.78, 5) is 0.0612. The van der Waals surface area contributed by atoms with Gasteiger partial charge in [0.1, 0.15) is 4.90 Å². The standard InChI is InChI=1S/C11H14Cl2N2O2S/c1-15(9-4-5-14-7-9)18(16,17)11-6-8(12)2-3-10(11)13/h2-3,6,9,14H,4-5,7H2,1H3/t9-/m0/s1. The third kappa shape index (κ3) is 2.65. The number of sulfonamides is 1. The zero-order valence-corrected chi connectivity index (χ0v) is 12.2. The topological polar surface area (TPSA) is 49.4 Å². The van der Waals surface area contributed by atoms with Crippen LogP contribution < -0.4 is 5.32 Å². The van der Waals surface area contributed by atoms with Crippen LogP contribution in [-0.4, -0.2) is 38.9 Å². The highest BCUT2D eigenvalue weighted by molar-refractivity contribution is 7.89. The van der Waals surface area contributed by atoms with E-state index in [1.807, 2.05) is 0 Å². The fourth-order valence-electron chi connectivity index (χ4n) is 1.98. The van der Waals surface area contributed by atoms with Gasteiger partial charge in [0.05, 0.1) is 5.02 Å². The second-order valence-corrected chi connectivity index (χ2v) is 7.05. The lowest BCUT2D eigenvalue weighted by molar-refractivity contribution is 0.388. The first kappa shape index (κ1) is 14.1. The number of hydrogen-bond donors (Lipinski definition) is 1. The van der Waals surface area contributed by atoms with Crippen molar-refractivity contribution < 1.29 is 8.42 Å². The lowest BCUT2D eigenvalue weighted by atomic mass is 10.3. The molecule has 100 valence electrons. The smallest absolute Gasteiger partial charge is 0.244 e. The van der Waals surface area contributed by atoms with Crippen molar-refractivity contribution in [3.8, 4) is 0 Å². The highest BCUT2D eigenvalue weighted by atomic mass is 35.5. The SMILES string of the molecule is CN([C@H]1CCNC1)S(=O)(=O)c1cc(Cl)ccc1Cl. The van der Waals surface area contributed by atoms with Crippen LogP contribution in [0.3, 0.4) is 0 Å². The minimum atomic E-state index is -3.60. The zero-order chi connectivity index (χ0) is 13.3. The quantitative estimate of drug-likeness (QED) is 0.929. The first-order chi connectivity index (χ1) is 8.43. The van der Waals surface area contributed by atoms with E-state index in [0.717, 1.165) is 13.0 Å². The Balaban J connectivity index is 2.37. The molecule has 1 fully saturated rings. The molecule has 0 bridgehead atoms. The van der Waals surface area contributed by atoms with Gasteiger partial charge >= 0.3 is 0 Å². The molecule has 0 radical (unpaired) electrons. The Bertz CT molecular complexity index is 542. The van der Waals surface area contributed by atoms with Crippen molar-refractivity contribution in [3.63, 3.8) is 0 Å². The van der Waals surface area contributed by atoms with Gasteiger partial charge in [0.15, 0.2) is 0 Å². The van der Waals surface area contributed by atoms with Crippen LogP contribution in [0.2, 0.25) is 10.0 Å². The van der Waals surface area contributed by atoms with Gasteiger partial charge < -0.3 is 5.32 Å². The Hall–Kier alpha value is -0.330. The van der Waals surface area contributed by atoms with Crippen LogP contribution in [0.5, 0.6) is 0 Å². The first-order valence-corrected chi connectivity index (χ1v) is 7.76. The molecule has 1 N–H and O–H groups in total. The molecular formula is C11H14Cl2N2O2S. The molecule has 0 aromatic heterocycles. The molecule has 0 aliphatic carbocycles. The van der Waals surface area contributed by atoms with Gasteiger partial charge in [-0.05, 0) is 31.2 Å². The summed E-state index contributed by atoms with van der Waals surface area (Å²) in [6, 6.07) is 4.42. The van der Waals surface area contributed by atoms with Gasteiger partial charge in [0, 0.05) is 24.7 Å². The highest BCUT2D eigenvalue weighted by Gasteiger charge is 2.31. The van der Waals surface area contributed by atoms with Gasteiger partial charge in [-0.3, -0.25) is 0 Å². The molecule has 1 aliphatic rings. The van der Waals surface area contributed by atoms with Crippen molar-refractivity contribution in [3.05, 3.63) is 28.2 Å². The Kier molecular flexibility index (Phi) is 4.18. The van der Waals surface area contributed by atoms with E-state index >= 15 is 0 Å². The van der Waals surface area contributed by atoms with Crippen LogP contribution in [0, 0.1) is 0 Å². The van der Waals surface area contributed by atoms with Crippen LogP contribution in [0.25, 0.3) is 0 Å². The van der Waals surface area contributed by atoms with E-state index in [1.165, 1.54) is 16.4 Å². The minimum Gasteiger partial charge on any atom is -0.315 e. The zero-order valence-electron chi connectivity index (χ0n) is 9.86. The molecule has 1 saturated heterocycles. The molecule has 0 amide bonds. The summed E-state index contributed by atoms with van der Waals surface area (Å²) in [5.41, 5.74) is 0. The first-order valence-electron chi connectivity index (χ1n) is 5.57. The van der Waals surface area contributed by atoms with Crippen LogP contribution in [0.4, 0.5) is 0 Å². The van der Waals surface area contributed by atoms with Crippen molar-refractivity contribution in [2.75, 3.05) is 20.1 Å². The van der Waals surface area contributed by atoms with Crippen LogP contribution in [0.15, 0.2) is 23.1 Å². The molecule has 1 aliphatic heterocycles. The number of hydrogen-bond acceptors (Lipinski definition) is 3. The average molecular weight is 309 g/mol. The van der Waals surface area contributed by atoms with E-state index in [1.54, 1.807) is 13.1 Å². The van der Waals surface area contributed by atoms with E-state index in [0.29, 0.717) is 11.6 Å². The molecule has 0 saturated carbocycles. The third-order valence-electron chi connectivity index (χ3n) is 3.10. The summed E-state index contributed by atoms with van der Waals surface area (Å²) in [6.45, 7) is 1.49. The van der Waals surface area contributed by atoms with Crippen molar-refractivity contribution in [1.29, 1.82) is 0 Å². The number of likely N-dealkylation sites (N-methyl/N-ethyl adjacent to an activating group) is 1. The largest absolute Gasteiger partial charge is 0.315 e. The van der Waals surface area contributed by atoms with Crippen molar-refractivity contribution >= 4 is 33.2 Å². The molecular weight excluding hydrogens is 295 g/mol. The Morgan fingerprint density at radius 1 is 1.39 bits per heavy atom. The molecule has 1 aromatic rings. The van der Waals surface area contributed by atoms with Crippen molar-refractivity contribution in [2.24, 2.45) is 0 Å². The number of halogens is 2. The predicted octanol–water partition coefficient (Wildman–Crippen LogP) is 1.98.